The summed E-state index contributed by atoms with van der Waals surface area (Å²) in [7, 11) is -2.21. The fraction of sp³-hybridized carbons (Fsp3) is 0.346. The number of carbonyl (C=O) groups excluding carboxylic acids is 1. The number of anilines is 2. The summed E-state index contributed by atoms with van der Waals surface area (Å²) >= 11 is 0. The lowest BCUT2D eigenvalue weighted by Crippen LogP contribution is -2.51. The Kier molecular flexibility index (Phi) is 7.86. The van der Waals surface area contributed by atoms with Crippen LogP contribution in [-0.4, -0.2) is 72.9 Å². The van der Waals surface area contributed by atoms with Crippen LogP contribution in [0.15, 0.2) is 63.0 Å². The molecule has 12 heteroatoms. The van der Waals surface area contributed by atoms with Gasteiger partial charge >= 0.3 is 5.69 Å². The van der Waals surface area contributed by atoms with E-state index in [0.29, 0.717) is 13.1 Å². The number of aromatic amines is 1. The second-order valence-corrected chi connectivity index (χ2v) is 11.4. The van der Waals surface area contributed by atoms with E-state index in [0.717, 1.165) is 21.6 Å². The molecule has 1 saturated heterocycles. The molecule has 0 aliphatic carbocycles. The van der Waals surface area contributed by atoms with Gasteiger partial charge in [-0.05, 0) is 42.7 Å². The van der Waals surface area contributed by atoms with Gasteiger partial charge in [0.2, 0.25) is 15.9 Å². The van der Waals surface area contributed by atoms with Crippen LogP contribution in [0.25, 0.3) is 0 Å². The molecule has 202 valence electrons. The predicted molar refractivity (Wildman–Crippen MR) is 146 cm³/mol. The minimum atomic E-state index is -3.64. The molecule has 1 fully saturated rings. The zero-order valence-electron chi connectivity index (χ0n) is 21.7. The summed E-state index contributed by atoms with van der Waals surface area (Å²) in [5, 5.41) is 0. The molecule has 11 nitrogen and oxygen atoms in total. The van der Waals surface area contributed by atoms with Crippen LogP contribution in [0, 0.1) is 13.8 Å². The number of piperazine rings is 1. The second kappa shape index (κ2) is 10.9. The summed E-state index contributed by atoms with van der Waals surface area (Å²) in [6.07, 6.45) is 0. The number of nitrogens with one attached hydrogen (secondary N) is 1. The van der Waals surface area contributed by atoms with Crippen molar-refractivity contribution < 1.29 is 13.2 Å². The lowest BCUT2D eigenvalue weighted by atomic mass is 10.1. The summed E-state index contributed by atoms with van der Waals surface area (Å²) in [5.41, 5.74) is 7.41. The number of nitrogen functional groups attached to an aromatic ring is 1. The maximum atomic E-state index is 13.1. The molecular weight excluding hydrogens is 508 g/mol. The third-order valence-corrected chi connectivity index (χ3v) is 8.81. The molecule has 1 aliphatic heterocycles. The van der Waals surface area contributed by atoms with Gasteiger partial charge in [0.05, 0.1) is 18.0 Å². The Morgan fingerprint density at radius 2 is 1.66 bits per heavy atom. The van der Waals surface area contributed by atoms with Gasteiger partial charge in [-0.25, -0.2) is 13.2 Å². The number of nitrogens with two attached hydrogens (primary N) is 1. The van der Waals surface area contributed by atoms with Crippen molar-refractivity contribution in [2.24, 2.45) is 0 Å². The molecule has 1 aromatic heterocycles. The number of aryl methyl sites for hydroxylation is 2. The van der Waals surface area contributed by atoms with Gasteiger partial charge in [0.1, 0.15) is 5.82 Å². The fourth-order valence-electron chi connectivity index (χ4n) is 4.40. The first-order chi connectivity index (χ1) is 18.0. The fourth-order valence-corrected chi connectivity index (χ4v) is 5.91. The SMILES string of the molecule is Cc1ccc(S(=O)(=O)N2CCN(CC(=O)N(C)c3c(N)n(Cc4ccccc4)c(=O)[nH]c3=O)CC2)cc1C. The number of hydrogen-bond acceptors (Lipinski definition) is 7. The number of carbonyl (C=O) groups is 1. The average Bonchev–Trinajstić information content (AvgIpc) is 2.88. The largest absolute Gasteiger partial charge is 0.383 e. The molecule has 38 heavy (non-hydrogen) atoms. The Balaban J connectivity index is 1.44. The van der Waals surface area contributed by atoms with Gasteiger partial charge in [0, 0.05) is 33.2 Å². The monoisotopic (exact) mass is 540 g/mol. The van der Waals surface area contributed by atoms with E-state index in [2.05, 4.69) is 4.98 Å². The zero-order chi connectivity index (χ0) is 27.6. The topological polar surface area (TPSA) is 142 Å². The zero-order valence-corrected chi connectivity index (χ0v) is 22.5. The van der Waals surface area contributed by atoms with Crippen LogP contribution in [0.2, 0.25) is 0 Å². The van der Waals surface area contributed by atoms with Crippen LogP contribution in [0.1, 0.15) is 16.7 Å². The molecule has 0 saturated carbocycles. The van der Waals surface area contributed by atoms with Crippen LogP contribution in [-0.2, 0) is 21.4 Å². The highest BCUT2D eigenvalue weighted by Gasteiger charge is 2.30. The molecule has 3 N–H and O–H groups in total. The molecule has 1 aliphatic rings. The minimum Gasteiger partial charge on any atom is -0.383 e. The maximum absolute atomic E-state index is 13.1. The molecule has 3 aromatic rings. The van der Waals surface area contributed by atoms with Crippen LogP contribution >= 0.6 is 0 Å². The van der Waals surface area contributed by atoms with Crippen molar-refractivity contribution in [2.45, 2.75) is 25.3 Å². The van der Waals surface area contributed by atoms with Crippen molar-refractivity contribution in [3.8, 4) is 0 Å². The molecule has 2 aromatic carbocycles. The Morgan fingerprint density at radius 3 is 2.29 bits per heavy atom. The van der Waals surface area contributed by atoms with Gasteiger partial charge in [0.25, 0.3) is 5.56 Å². The van der Waals surface area contributed by atoms with E-state index in [4.69, 9.17) is 5.73 Å². The van der Waals surface area contributed by atoms with Gasteiger partial charge < -0.3 is 10.6 Å². The van der Waals surface area contributed by atoms with Crippen molar-refractivity contribution in [3.63, 3.8) is 0 Å². The maximum Gasteiger partial charge on any atom is 0.330 e. The number of likely N-dealkylation sites (N-methyl/N-ethyl adjacent to an activating group) is 1. The normalized spacial score (nSPS) is 14.9. The number of benzene rings is 2. The highest BCUT2D eigenvalue weighted by molar-refractivity contribution is 7.89. The van der Waals surface area contributed by atoms with Crippen molar-refractivity contribution in [3.05, 3.63) is 86.1 Å². The second-order valence-electron chi connectivity index (χ2n) is 9.44. The minimum absolute atomic E-state index is 0.0370. The van der Waals surface area contributed by atoms with Gasteiger partial charge in [-0.1, -0.05) is 36.4 Å². The van der Waals surface area contributed by atoms with Gasteiger partial charge in [-0.2, -0.15) is 4.31 Å². The summed E-state index contributed by atoms with van der Waals surface area (Å²) in [6, 6.07) is 14.2. The smallest absolute Gasteiger partial charge is 0.330 e. The Hall–Kier alpha value is -3.74. The number of nitrogens with zero attached hydrogens (tertiary/aromatic N) is 4. The summed E-state index contributed by atoms with van der Waals surface area (Å²) in [6.45, 7) is 5.07. The van der Waals surface area contributed by atoms with Crippen molar-refractivity contribution >= 4 is 27.4 Å². The molecule has 0 unspecified atom stereocenters. The third kappa shape index (κ3) is 5.57. The van der Waals surface area contributed by atoms with E-state index in [1.807, 2.05) is 49.1 Å². The van der Waals surface area contributed by atoms with E-state index in [9.17, 15) is 22.8 Å². The van der Waals surface area contributed by atoms with Crippen LogP contribution < -0.4 is 21.9 Å². The molecule has 4 rings (SSSR count). The number of sulfonamides is 1. The van der Waals surface area contributed by atoms with Crippen LogP contribution in [0.4, 0.5) is 11.5 Å². The standard InChI is InChI=1S/C26H32N6O5S/c1-18-9-10-21(15-19(18)2)38(36,37)31-13-11-30(12-14-31)17-22(33)29(3)23-24(27)32(26(35)28-25(23)34)16-20-7-5-4-6-8-20/h4-10,15H,11-14,16-17,27H2,1-3H3,(H,28,34,35). The highest BCUT2D eigenvalue weighted by atomic mass is 32.2. The first-order valence-electron chi connectivity index (χ1n) is 12.2. The summed E-state index contributed by atoms with van der Waals surface area (Å²) in [4.78, 5) is 43.6. The summed E-state index contributed by atoms with van der Waals surface area (Å²) < 4.78 is 28.8. The molecule has 0 radical (unpaired) electrons. The molecular formula is C26H32N6O5S. The predicted octanol–water partition coefficient (Wildman–Crippen LogP) is 0.753. The van der Waals surface area contributed by atoms with Crippen molar-refractivity contribution in [1.82, 2.24) is 18.8 Å². The first kappa shape index (κ1) is 27.3. The average molecular weight is 541 g/mol. The molecule has 0 spiro atoms. The van der Waals surface area contributed by atoms with Gasteiger partial charge in [-0.3, -0.25) is 24.0 Å². The molecule has 0 bridgehead atoms. The van der Waals surface area contributed by atoms with Crippen LogP contribution in [0.5, 0.6) is 0 Å². The van der Waals surface area contributed by atoms with E-state index >= 15 is 0 Å². The highest BCUT2D eigenvalue weighted by Crippen LogP contribution is 2.21. The Morgan fingerprint density at radius 1 is 1.00 bits per heavy atom. The van der Waals surface area contributed by atoms with E-state index in [-0.39, 0.29) is 42.6 Å². The molecule has 2 heterocycles. The van der Waals surface area contributed by atoms with Gasteiger partial charge in [0.15, 0.2) is 5.69 Å². The lowest BCUT2D eigenvalue weighted by molar-refractivity contribution is -0.119. The number of hydrogen-bond donors (Lipinski definition) is 2. The quantitative estimate of drug-likeness (QED) is 0.450. The van der Waals surface area contributed by atoms with Crippen LogP contribution in [0.3, 0.4) is 0 Å². The number of aromatic nitrogens is 2. The lowest BCUT2D eigenvalue weighted by Gasteiger charge is -2.34. The van der Waals surface area contributed by atoms with E-state index < -0.39 is 27.2 Å². The van der Waals surface area contributed by atoms with E-state index in [1.165, 1.54) is 15.9 Å². The summed E-state index contributed by atoms with van der Waals surface area (Å²) in [5.74, 6) is -0.514. The Bertz CT molecular complexity index is 1560. The molecule has 1 amide bonds. The number of H-pyrrole nitrogens is 1. The molecule has 0 atom stereocenters. The Labute approximate surface area is 221 Å². The number of rotatable bonds is 7. The van der Waals surface area contributed by atoms with E-state index in [1.54, 1.807) is 18.2 Å². The van der Waals surface area contributed by atoms with Gasteiger partial charge in [-0.15, -0.1) is 0 Å². The number of amides is 1. The van der Waals surface area contributed by atoms with Crippen molar-refractivity contribution in [1.29, 1.82) is 0 Å². The first-order valence-corrected chi connectivity index (χ1v) is 13.7. The third-order valence-electron chi connectivity index (χ3n) is 6.91. The van der Waals surface area contributed by atoms with Crippen molar-refractivity contribution in [2.75, 3.05) is 50.4 Å².